The van der Waals surface area contributed by atoms with Crippen molar-refractivity contribution in [1.29, 1.82) is 0 Å². The zero-order chi connectivity index (χ0) is 21.1. The molecule has 0 saturated carbocycles. The molecule has 1 amide bonds. The fraction of sp³-hybridized carbons (Fsp3) is 0.708. The molecule has 4 rings (SSSR count). The molecule has 0 N–H and O–H groups in total. The minimum absolute atomic E-state index is 0.154. The Morgan fingerprint density at radius 2 is 1.70 bits per heavy atom. The number of benzene rings is 1. The molecule has 1 atom stereocenters. The van der Waals surface area contributed by atoms with Crippen molar-refractivity contribution in [2.75, 3.05) is 59.0 Å². The van der Waals surface area contributed by atoms with E-state index >= 15 is 0 Å². The van der Waals surface area contributed by atoms with Crippen molar-refractivity contribution in [3.63, 3.8) is 0 Å². The fourth-order valence-corrected chi connectivity index (χ4v) is 4.63. The Hall–Kier alpha value is -1.79. The quantitative estimate of drug-likeness (QED) is 0.739. The molecular formula is C24H37N3O3. The van der Waals surface area contributed by atoms with E-state index in [1.165, 1.54) is 6.42 Å². The third kappa shape index (κ3) is 5.27. The molecule has 3 aliphatic heterocycles. The molecule has 3 aliphatic rings. The highest BCUT2D eigenvalue weighted by atomic mass is 16.6. The normalized spacial score (nSPS) is 23.0. The predicted molar refractivity (Wildman–Crippen MR) is 118 cm³/mol. The molecule has 2 saturated heterocycles. The van der Waals surface area contributed by atoms with Gasteiger partial charge >= 0.3 is 0 Å². The molecular weight excluding hydrogens is 378 g/mol. The van der Waals surface area contributed by atoms with Gasteiger partial charge in [0.2, 0.25) is 5.91 Å². The highest BCUT2D eigenvalue weighted by molar-refractivity contribution is 5.79. The number of fused-ring (bicyclic) bond motifs is 1. The summed E-state index contributed by atoms with van der Waals surface area (Å²) in [6.45, 7) is 14.7. The summed E-state index contributed by atoms with van der Waals surface area (Å²) >= 11 is 0. The first-order valence-corrected chi connectivity index (χ1v) is 11.5. The molecule has 1 aromatic rings. The summed E-state index contributed by atoms with van der Waals surface area (Å²) in [7, 11) is 0. The van der Waals surface area contributed by atoms with E-state index in [9.17, 15) is 4.79 Å². The van der Waals surface area contributed by atoms with E-state index in [-0.39, 0.29) is 11.9 Å². The second-order valence-corrected chi connectivity index (χ2v) is 10.1. The molecule has 0 radical (unpaired) electrons. The van der Waals surface area contributed by atoms with Gasteiger partial charge < -0.3 is 19.3 Å². The smallest absolute Gasteiger partial charge is 0.237 e. The molecule has 2 fully saturated rings. The average molecular weight is 416 g/mol. The number of piperazine rings is 1. The third-order valence-corrected chi connectivity index (χ3v) is 6.53. The van der Waals surface area contributed by atoms with E-state index in [0.29, 0.717) is 25.2 Å². The van der Waals surface area contributed by atoms with E-state index in [4.69, 9.17) is 9.47 Å². The number of nitrogens with zero attached hydrogens (tertiary/aromatic N) is 3. The second-order valence-electron chi connectivity index (χ2n) is 10.1. The SMILES string of the molecule is CC(C)(C)CCN1CCN(CC(=O)N2CCCC2c2ccc3c(c2)OCCO3)CC1. The highest BCUT2D eigenvalue weighted by Crippen LogP contribution is 2.38. The molecule has 6 heteroatoms. The summed E-state index contributed by atoms with van der Waals surface area (Å²) in [6, 6.07) is 6.31. The summed E-state index contributed by atoms with van der Waals surface area (Å²) < 4.78 is 11.4. The largest absolute Gasteiger partial charge is 0.486 e. The standard InChI is InChI=1S/C24H37N3O3/c1-24(2,3)8-10-25-11-13-26(14-12-25)18-23(28)27-9-4-5-20(27)19-6-7-21-22(17-19)30-16-15-29-21/h6-7,17,20H,4-5,8-16,18H2,1-3H3. The molecule has 0 aliphatic carbocycles. The Balaban J connectivity index is 1.30. The van der Waals surface area contributed by atoms with Crippen LogP contribution in [-0.2, 0) is 4.79 Å². The molecule has 6 nitrogen and oxygen atoms in total. The van der Waals surface area contributed by atoms with E-state index in [1.54, 1.807) is 0 Å². The Morgan fingerprint density at radius 3 is 2.43 bits per heavy atom. The van der Waals surface area contributed by atoms with Crippen molar-refractivity contribution >= 4 is 5.91 Å². The maximum absolute atomic E-state index is 13.1. The van der Waals surface area contributed by atoms with Gasteiger partial charge in [0.25, 0.3) is 0 Å². The van der Waals surface area contributed by atoms with Gasteiger partial charge in [-0.3, -0.25) is 9.69 Å². The van der Waals surface area contributed by atoms with Crippen LogP contribution in [-0.4, -0.2) is 79.6 Å². The van der Waals surface area contributed by atoms with Crippen LogP contribution in [0.4, 0.5) is 0 Å². The Kier molecular flexibility index (Phi) is 6.54. The van der Waals surface area contributed by atoms with E-state index in [2.05, 4.69) is 47.6 Å². The van der Waals surface area contributed by atoms with Crippen molar-refractivity contribution in [3.8, 4) is 11.5 Å². The number of carbonyl (C=O) groups excluding carboxylic acids is 1. The van der Waals surface area contributed by atoms with Crippen LogP contribution in [0.25, 0.3) is 0 Å². The summed E-state index contributed by atoms with van der Waals surface area (Å²) in [5.41, 5.74) is 1.54. The average Bonchev–Trinajstić information content (AvgIpc) is 3.22. The number of amides is 1. The van der Waals surface area contributed by atoms with Crippen LogP contribution in [0.3, 0.4) is 0 Å². The number of ether oxygens (including phenoxy) is 2. The maximum atomic E-state index is 13.1. The first-order chi connectivity index (χ1) is 14.4. The summed E-state index contributed by atoms with van der Waals surface area (Å²) in [6.07, 6.45) is 3.30. The summed E-state index contributed by atoms with van der Waals surface area (Å²) in [4.78, 5) is 20.1. The lowest BCUT2D eigenvalue weighted by Crippen LogP contribution is -2.50. The fourth-order valence-electron chi connectivity index (χ4n) is 4.63. The maximum Gasteiger partial charge on any atom is 0.237 e. The number of hydrogen-bond donors (Lipinski definition) is 0. The van der Waals surface area contributed by atoms with Gasteiger partial charge in [-0.25, -0.2) is 0 Å². The first kappa shape index (κ1) is 21.4. The lowest BCUT2D eigenvalue weighted by Gasteiger charge is -2.36. The van der Waals surface area contributed by atoms with Crippen molar-refractivity contribution < 1.29 is 14.3 Å². The van der Waals surface area contributed by atoms with Crippen LogP contribution in [0, 0.1) is 5.41 Å². The van der Waals surface area contributed by atoms with Gasteiger partial charge in [-0.1, -0.05) is 26.8 Å². The van der Waals surface area contributed by atoms with Crippen molar-refractivity contribution in [3.05, 3.63) is 23.8 Å². The molecule has 1 unspecified atom stereocenters. The van der Waals surface area contributed by atoms with E-state index in [1.807, 2.05) is 6.07 Å². The number of likely N-dealkylation sites (tertiary alicyclic amines) is 1. The van der Waals surface area contributed by atoms with Crippen molar-refractivity contribution in [2.24, 2.45) is 5.41 Å². The van der Waals surface area contributed by atoms with Gasteiger partial charge in [0.1, 0.15) is 13.2 Å². The second kappa shape index (κ2) is 9.15. The van der Waals surface area contributed by atoms with Crippen LogP contribution in [0.1, 0.15) is 51.6 Å². The minimum Gasteiger partial charge on any atom is -0.486 e. The zero-order valence-electron chi connectivity index (χ0n) is 18.9. The summed E-state index contributed by atoms with van der Waals surface area (Å²) in [5.74, 6) is 1.88. The molecule has 30 heavy (non-hydrogen) atoms. The highest BCUT2D eigenvalue weighted by Gasteiger charge is 2.32. The third-order valence-electron chi connectivity index (χ3n) is 6.53. The van der Waals surface area contributed by atoms with Gasteiger partial charge in [0.15, 0.2) is 11.5 Å². The van der Waals surface area contributed by atoms with Crippen molar-refractivity contribution in [1.82, 2.24) is 14.7 Å². The van der Waals surface area contributed by atoms with Crippen molar-refractivity contribution in [2.45, 2.75) is 46.1 Å². The van der Waals surface area contributed by atoms with Crippen LogP contribution in [0.15, 0.2) is 18.2 Å². The summed E-state index contributed by atoms with van der Waals surface area (Å²) in [5, 5.41) is 0. The molecule has 166 valence electrons. The predicted octanol–water partition coefficient (Wildman–Crippen LogP) is 3.18. The van der Waals surface area contributed by atoms with E-state index < -0.39 is 0 Å². The molecule has 3 heterocycles. The zero-order valence-corrected chi connectivity index (χ0v) is 18.9. The first-order valence-electron chi connectivity index (χ1n) is 11.5. The lowest BCUT2D eigenvalue weighted by atomic mass is 9.92. The number of hydrogen-bond acceptors (Lipinski definition) is 5. The van der Waals surface area contributed by atoms with Gasteiger partial charge in [0, 0.05) is 32.7 Å². The number of carbonyl (C=O) groups is 1. The van der Waals surface area contributed by atoms with Crippen LogP contribution in [0.2, 0.25) is 0 Å². The van der Waals surface area contributed by atoms with Crippen LogP contribution >= 0.6 is 0 Å². The Bertz CT molecular complexity index is 738. The molecule has 0 aromatic heterocycles. The van der Waals surface area contributed by atoms with Gasteiger partial charge in [-0.15, -0.1) is 0 Å². The van der Waals surface area contributed by atoms with E-state index in [0.717, 1.165) is 69.2 Å². The molecule has 0 spiro atoms. The van der Waals surface area contributed by atoms with Crippen LogP contribution < -0.4 is 9.47 Å². The topological polar surface area (TPSA) is 45.2 Å². The minimum atomic E-state index is 0.154. The van der Waals surface area contributed by atoms with Gasteiger partial charge in [-0.2, -0.15) is 0 Å². The monoisotopic (exact) mass is 415 g/mol. The number of rotatable bonds is 5. The molecule has 0 bridgehead atoms. The molecule has 1 aromatic carbocycles. The lowest BCUT2D eigenvalue weighted by molar-refractivity contribution is -0.133. The Labute approximate surface area is 181 Å². The van der Waals surface area contributed by atoms with Gasteiger partial charge in [-0.05, 0) is 48.9 Å². The van der Waals surface area contributed by atoms with Crippen LogP contribution in [0.5, 0.6) is 11.5 Å². The van der Waals surface area contributed by atoms with Gasteiger partial charge in [0.05, 0.1) is 12.6 Å². The Morgan fingerprint density at radius 1 is 1.00 bits per heavy atom.